The van der Waals surface area contributed by atoms with Crippen molar-refractivity contribution >= 4 is 47.8 Å². The fourth-order valence-electron chi connectivity index (χ4n) is 9.81. The molecule has 0 amide bonds. The molecule has 0 aromatic heterocycles. The Morgan fingerprint density at radius 2 is 0.553 bits per heavy atom. The topological polar surface area (TPSA) is 249 Å². The first-order valence-corrected chi connectivity index (χ1v) is 30.8. The summed E-state index contributed by atoms with van der Waals surface area (Å²) in [4.78, 5) is 107. The summed E-state index contributed by atoms with van der Waals surface area (Å²) in [6.07, 6.45) is -9.29. The third kappa shape index (κ3) is 20.5. The average molecular weight is 1280 g/mol. The van der Waals surface area contributed by atoms with Gasteiger partial charge in [0, 0.05) is 6.61 Å². The molecular formula is C75H72O19. The van der Waals surface area contributed by atoms with Crippen molar-refractivity contribution in [2.75, 3.05) is 19.8 Å². The number of aliphatic hydroxyl groups is 1. The number of hydrogen-bond donors (Lipinski definition) is 1. The largest absolute Gasteiger partial charge is 0.455 e. The lowest BCUT2D eigenvalue weighted by Crippen LogP contribution is -2.53. The summed E-state index contributed by atoms with van der Waals surface area (Å²) in [6, 6.07) is 65.4. The van der Waals surface area contributed by atoms with Gasteiger partial charge in [0.25, 0.3) is 0 Å². The molecular weight excluding hydrogens is 1200 g/mol. The second kappa shape index (κ2) is 36.4. The Kier molecular flexibility index (Phi) is 26.9. The SMILES string of the molecule is CC[C@@H](OC(=O)c1ccccc1)[C@@H](OC(=O)c1ccccc1)[C@H](OC(=O)c1ccccc1)[C@@H](CO)OC(=O)c1ccccc1.CC[C@@H](OC(=O)c1ccccc1)[C@@H](OC(=O)c1ccccc1)[C@H](OC(=O)c1ccccc1)[C@@H](COC1CCCCO1)OC(=O)c1ccccc1. The average Bonchev–Trinajstić information content (AvgIpc) is 3.82. The van der Waals surface area contributed by atoms with Crippen LogP contribution in [0, 0.1) is 0 Å². The molecule has 19 heteroatoms. The summed E-state index contributed by atoms with van der Waals surface area (Å²) in [5.74, 6) is -6.14. The number of esters is 8. The van der Waals surface area contributed by atoms with E-state index in [1.165, 1.54) is 36.4 Å². The number of carbonyl (C=O) groups is 8. The highest BCUT2D eigenvalue weighted by Gasteiger charge is 2.46. The van der Waals surface area contributed by atoms with Gasteiger partial charge in [-0.15, -0.1) is 0 Å². The van der Waals surface area contributed by atoms with Gasteiger partial charge in [-0.05, 0) is 129 Å². The van der Waals surface area contributed by atoms with Crippen LogP contribution in [-0.2, 0) is 47.4 Å². The van der Waals surface area contributed by atoms with Crippen LogP contribution in [0.4, 0.5) is 0 Å². The molecule has 0 aliphatic carbocycles. The normalized spacial score (nSPS) is 15.1. The Bertz CT molecular complexity index is 3540. The molecule has 8 aromatic rings. The molecule has 94 heavy (non-hydrogen) atoms. The Morgan fingerprint density at radius 1 is 0.330 bits per heavy atom. The van der Waals surface area contributed by atoms with E-state index >= 15 is 0 Å². The number of carbonyl (C=O) groups excluding carboxylic acids is 8. The highest BCUT2D eigenvalue weighted by Crippen LogP contribution is 2.28. The minimum Gasteiger partial charge on any atom is -0.455 e. The van der Waals surface area contributed by atoms with Gasteiger partial charge in [-0.3, -0.25) is 0 Å². The molecule has 0 radical (unpaired) electrons. The molecule has 1 N–H and O–H groups in total. The predicted molar refractivity (Wildman–Crippen MR) is 342 cm³/mol. The molecule has 1 aliphatic heterocycles. The van der Waals surface area contributed by atoms with E-state index < -0.39 is 109 Å². The van der Waals surface area contributed by atoms with Crippen LogP contribution in [0.1, 0.15) is 129 Å². The number of benzene rings is 8. The van der Waals surface area contributed by atoms with E-state index in [0.29, 0.717) is 13.0 Å². The summed E-state index contributed by atoms with van der Waals surface area (Å²) in [5, 5.41) is 10.5. The van der Waals surface area contributed by atoms with E-state index in [0.717, 1.165) is 12.8 Å². The lowest BCUT2D eigenvalue weighted by Gasteiger charge is -2.36. The molecule has 1 fully saturated rings. The second-order valence-electron chi connectivity index (χ2n) is 21.3. The molecule has 0 spiro atoms. The van der Waals surface area contributed by atoms with E-state index in [1.807, 2.05) is 0 Å². The summed E-state index contributed by atoms with van der Waals surface area (Å²) >= 11 is 0. The minimum absolute atomic E-state index is 0.107. The molecule has 9 atom stereocenters. The van der Waals surface area contributed by atoms with Crippen LogP contribution in [0.5, 0.6) is 0 Å². The molecule has 1 aliphatic rings. The molecule has 486 valence electrons. The summed E-state index contributed by atoms with van der Waals surface area (Å²) in [5.41, 5.74) is 1.67. The second-order valence-corrected chi connectivity index (χ2v) is 21.3. The monoisotopic (exact) mass is 1280 g/mol. The van der Waals surface area contributed by atoms with Crippen molar-refractivity contribution in [1.82, 2.24) is 0 Å². The van der Waals surface area contributed by atoms with Crippen molar-refractivity contribution in [1.29, 1.82) is 0 Å². The Morgan fingerprint density at radius 3 is 0.787 bits per heavy atom. The number of ether oxygens (including phenoxy) is 10. The molecule has 1 saturated heterocycles. The maximum Gasteiger partial charge on any atom is 0.338 e. The van der Waals surface area contributed by atoms with Crippen molar-refractivity contribution in [2.24, 2.45) is 0 Å². The van der Waals surface area contributed by atoms with E-state index in [2.05, 4.69) is 0 Å². The van der Waals surface area contributed by atoms with Crippen LogP contribution in [0.3, 0.4) is 0 Å². The Hall–Kier alpha value is -10.6. The van der Waals surface area contributed by atoms with E-state index in [-0.39, 0.29) is 64.0 Å². The summed E-state index contributed by atoms with van der Waals surface area (Å²) < 4.78 is 59.4. The quantitative estimate of drug-likeness (QED) is 0.0353. The van der Waals surface area contributed by atoms with Crippen LogP contribution in [-0.4, -0.2) is 128 Å². The maximum absolute atomic E-state index is 13.8. The van der Waals surface area contributed by atoms with E-state index in [1.54, 1.807) is 220 Å². The van der Waals surface area contributed by atoms with Crippen molar-refractivity contribution in [3.8, 4) is 0 Å². The third-order valence-electron chi connectivity index (χ3n) is 14.8. The maximum atomic E-state index is 13.8. The Labute approximate surface area is 544 Å². The van der Waals surface area contributed by atoms with Gasteiger partial charge in [0.15, 0.2) is 42.9 Å². The first-order chi connectivity index (χ1) is 45.8. The van der Waals surface area contributed by atoms with Gasteiger partial charge >= 0.3 is 47.8 Å². The van der Waals surface area contributed by atoms with Gasteiger partial charge in [0.2, 0.25) is 0 Å². The van der Waals surface area contributed by atoms with E-state index in [9.17, 15) is 43.5 Å². The summed E-state index contributed by atoms with van der Waals surface area (Å²) in [6.45, 7) is 2.81. The lowest BCUT2D eigenvalue weighted by molar-refractivity contribution is -0.193. The highest BCUT2D eigenvalue weighted by molar-refractivity contribution is 5.94. The molecule has 1 unspecified atom stereocenters. The third-order valence-corrected chi connectivity index (χ3v) is 14.8. The van der Waals surface area contributed by atoms with Crippen molar-refractivity contribution in [3.63, 3.8) is 0 Å². The van der Waals surface area contributed by atoms with Gasteiger partial charge in [-0.1, -0.05) is 159 Å². The van der Waals surface area contributed by atoms with Gasteiger partial charge in [-0.25, -0.2) is 38.4 Å². The first kappa shape index (κ1) is 69.3. The molecule has 0 bridgehead atoms. The molecule has 8 aromatic carbocycles. The first-order valence-electron chi connectivity index (χ1n) is 30.8. The summed E-state index contributed by atoms with van der Waals surface area (Å²) in [7, 11) is 0. The Balaban J connectivity index is 0.000000243. The van der Waals surface area contributed by atoms with Gasteiger partial charge < -0.3 is 52.5 Å². The number of aliphatic hydroxyl groups excluding tert-OH is 1. The smallest absolute Gasteiger partial charge is 0.338 e. The van der Waals surface area contributed by atoms with Crippen LogP contribution >= 0.6 is 0 Å². The van der Waals surface area contributed by atoms with Crippen LogP contribution in [0.15, 0.2) is 243 Å². The van der Waals surface area contributed by atoms with E-state index in [4.69, 9.17) is 47.4 Å². The van der Waals surface area contributed by atoms with Crippen LogP contribution in [0.25, 0.3) is 0 Å². The zero-order chi connectivity index (χ0) is 66.4. The highest BCUT2D eigenvalue weighted by atomic mass is 16.7. The number of rotatable bonds is 28. The van der Waals surface area contributed by atoms with Gasteiger partial charge in [0.05, 0.1) is 57.7 Å². The van der Waals surface area contributed by atoms with Gasteiger partial charge in [0.1, 0.15) is 12.2 Å². The molecule has 1 heterocycles. The fourth-order valence-corrected chi connectivity index (χ4v) is 9.81. The zero-order valence-electron chi connectivity index (χ0n) is 51.7. The van der Waals surface area contributed by atoms with Gasteiger partial charge in [-0.2, -0.15) is 0 Å². The predicted octanol–water partition coefficient (Wildman–Crippen LogP) is 12.1. The lowest BCUT2D eigenvalue weighted by atomic mass is 9.99. The van der Waals surface area contributed by atoms with Crippen LogP contribution < -0.4 is 0 Å². The van der Waals surface area contributed by atoms with Crippen molar-refractivity contribution in [2.45, 2.75) is 101 Å². The molecule has 0 saturated carbocycles. The van der Waals surface area contributed by atoms with Crippen molar-refractivity contribution < 1.29 is 90.8 Å². The fraction of sp³-hybridized carbons (Fsp3) is 0.253. The van der Waals surface area contributed by atoms with Crippen LogP contribution in [0.2, 0.25) is 0 Å². The zero-order valence-corrected chi connectivity index (χ0v) is 51.7. The standard InChI is InChI=1S/C40H40O10.C35H32O9/c1-2-32(47-37(41)28-17-7-3-8-18-28)35(49-39(43)30-21-11-5-12-22-30)36(50-40(44)31-23-13-6-14-24-31)33(27-46-34-25-15-16-26-45-34)48-38(42)29-19-9-4-10-20-29;1-2-28(41-32(37)24-15-7-3-8-16-24)30(43-34(39)26-19-11-5-12-20-26)31(44-35(40)27-21-13-6-14-22-27)29(23-36)42-33(38)25-17-9-4-10-18-25/h3-14,17-24,32-36H,2,15-16,25-27H2,1H3;3-22,28-31,36H,2,23H2,1H3/t32-,33-,34?,35-,36-;28-,29-,30-,31-/m11/s1. The minimum atomic E-state index is -1.60. The molecule has 19 nitrogen and oxygen atoms in total. The number of hydrogen-bond acceptors (Lipinski definition) is 19. The van der Waals surface area contributed by atoms with Crippen molar-refractivity contribution in [3.05, 3.63) is 287 Å². The molecule has 9 rings (SSSR count).